The minimum atomic E-state index is -3.29. The van der Waals surface area contributed by atoms with Crippen LogP contribution in [-0.2, 0) is 19.3 Å². The average Bonchev–Trinajstić information content (AvgIpc) is 2.47. The highest BCUT2D eigenvalue weighted by Gasteiger charge is 2.38. The van der Waals surface area contributed by atoms with Crippen molar-refractivity contribution in [2.24, 2.45) is 17.8 Å². The Morgan fingerprint density at radius 2 is 1.68 bits per heavy atom. The normalized spacial score (nSPS) is 27.8. The number of benzene rings is 1. The van der Waals surface area contributed by atoms with Gasteiger partial charge in [-0.15, -0.1) is 0 Å². The monoisotopic (exact) mass is 326 g/mol. The van der Waals surface area contributed by atoms with Gasteiger partial charge in [-0.3, -0.25) is 0 Å². The molecule has 1 aliphatic heterocycles. The second-order valence-electron chi connectivity index (χ2n) is 6.56. The molecule has 1 aromatic rings. The van der Waals surface area contributed by atoms with Crippen LogP contribution < -0.4 is 0 Å². The standard InChI is InChI=1S/C17H26O4S/c1-12(2)16-14(4)17(21-11-20-16)13(3)10-22(18,19)15-8-6-5-7-9-15/h5-9,12-14,16-17H,10-11H2,1-4H3/t13-,14-,16+,17+/m1/s1. The van der Waals surface area contributed by atoms with Gasteiger partial charge in [-0.2, -0.15) is 0 Å². The van der Waals surface area contributed by atoms with Crippen LogP contribution in [0.4, 0.5) is 0 Å². The number of rotatable bonds is 5. The zero-order valence-electron chi connectivity index (χ0n) is 13.7. The number of ether oxygens (including phenoxy) is 2. The van der Waals surface area contributed by atoms with Gasteiger partial charge < -0.3 is 9.47 Å². The summed E-state index contributed by atoms with van der Waals surface area (Å²) in [6.07, 6.45) is 0.0141. The van der Waals surface area contributed by atoms with Gasteiger partial charge in [-0.1, -0.05) is 45.9 Å². The van der Waals surface area contributed by atoms with E-state index in [1.807, 2.05) is 13.0 Å². The first-order chi connectivity index (χ1) is 10.3. The van der Waals surface area contributed by atoms with E-state index in [9.17, 15) is 8.42 Å². The Morgan fingerprint density at radius 3 is 2.27 bits per heavy atom. The Bertz CT molecular complexity index is 568. The molecular weight excluding hydrogens is 300 g/mol. The predicted molar refractivity (Wildman–Crippen MR) is 86.3 cm³/mol. The topological polar surface area (TPSA) is 52.6 Å². The van der Waals surface area contributed by atoms with Crippen molar-refractivity contribution in [3.05, 3.63) is 30.3 Å². The lowest BCUT2D eigenvalue weighted by Gasteiger charge is -2.40. The zero-order valence-corrected chi connectivity index (χ0v) is 14.5. The first kappa shape index (κ1) is 17.4. The van der Waals surface area contributed by atoms with Crippen LogP contribution in [0.3, 0.4) is 0 Å². The van der Waals surface area contributed by atoms with Crippen molar-refractivity contribution in [1.82, 2.24) is 0 Å². The lowest BCUT2D eigenvalue weighted by molar-refractivity contribution is -0.224. The minimum Gasteiger partial charge on any atom is -0.352 e. The Balaban J connectivity index is 2.10. The number of sulfone groups is 1. The van der Waals surface area contributed by atoms with Crippen molar-refractivity contribution in [2.45, 2.75) is 44.8 Å². The molecule has 0 amide bonds. The van der Waals surface area contributed by atoms with E-state index in [4.69, 9.17) is 9.47 Å². The van der Waals surface area contributed by atoms with Gasteiger partial charge in [0, 0.05) is 5.92 Å². The molecule has 22 heavy (non-hydrogen) atoms. The molecule has 0 bridgehead atoms. The highest BCUT2D eigenvalue weighted by molar-refractivity contribution is 7.91. The van der Waals surface area contributed by atoms with E-state index in [0.717, 1.165) is 0 Å². The molecular formula is C17H26O4S. The fourth-order valence-electron chi connectivity index (χ4n) is 3.33. The van der Waals surface area contributed by atoms with Crippen LogP contribution in [0.15, 0.2) is 35.2 Å². The number of hydrogen-bond donors (Lipinski definition) is 0. The summed E-state index contributed by atoms with van der Waals surface area (Å²) in [6, 6.07) is 8.61. The molecule has 0 N–H and O–H groups in total. The summed E-state index contributed by atoms with van der Waals surface area (Å²) in [6.45, 7) is 8.52. The van der Waals surface area contributed by atoms with Crippen LogP contribution in [0.25, 0.3) is 0 Å². The maximum absolute atomic E-state index is 12.5. The zero-order chi connectivity index (χ0) is 16.3. The van der Waals surface area contributed by atoms with E-state index >= 15 is 0 Å². The molecule has 5 heteroatoms. The Hall–Kier alpha value is -0.910. The molecule has 0 saturated carbocycles. The molecule has 4 atom stereocenters. The summed E-state index contributed by atoms with van der Waals surface area (Å²) in [7, 11) is -3.29. The molecule has 0 unspecified atom stereocenters. The summed E-state index contributed by atoms with van der Waals surface area (Å²) >= 11 is 0. The molecule has 0 aliphatic carbocycles. The van der Waals surface area contributed by atoms with Crippen molar-refractivity contribution in [3.8, 4) is 0 Å². The summed E-state index contributed by atoms with van der Waals surface area (Å²) < 4.78 is 36.4. The fraction of sp³-hybridized carbons (Fsp3) is 0.647. The van der Waals surface area contributed by atoms with Gasteiger partial charge in [-0.25, -0.2) is 8.42 Å². The molecule has 1 heterocycles. The lowest BCUT2D eigenvalue weighted by Crippen LogP contribution is -2.46. The molecule has 1 aromatic carbocycles. The molecule has 1 aliphatic rings. The maximum Gasteiger partial charge on any atom is 0.178 e. The SMILES string of the molecule is CC(C)[C@@H]1OCO[C@@H]([C@H](C)CS(=O)(=O)c2ccccc2)[C@@H]1C. The summed E-state index contributed by atoms with van der Waals surface area (Å²) in [5.74, 6) is 0.580. The summed E-state index contributed by atoms with van der Waals surface area (Å²) in [5.41, 5.74) is 0. The third-order valence-electron chi connectivity index (χ3n) is 4.36. The molecule has 124 valence electrons. The van der Waals surface area contributed by atoms with Crippen LogP contribution in [0.1, 0.15) is 27.7 Å². The van der Waals surface area contributed by atoms with Crippen LogP contribution in [0.2, 0.25) is 0 Å². The first-order valence-corrected chi connectivity index (χ1v) is 9.49. The van der Waals surface area contributed by atoms with Crippen molar-refractivity contribution < 1.29 is 17.9 Å². The Morgan fingerprint density at radius 1 is 1.09 bits per heavy atom. The smallest absolute Gasteiger partial charge is 0.178 e. The number of hydrogen-bond acceptors (Lipinski definition) is 4. The second kappa shape index (κ2) is 7.11. The van der Waals surface area contributed by atoms with Crippen molar-refractivity contribution in [3.63, 3.8) is 0 Å². The predicted octanol–water partition coefficient (Wildman–Crippen LogP) is 3.13. The highest BCUT2D eigenvalue weighted by Crippen LogP contribution is 2.31. The lowest BCUT2D eigenvalue weighted by atomic mass is 9.84. The molecule has 1 fully saturated rings. The van der Waals surface area contributed by atoms with Crippen molar-refractivity contribution >= 4 is 9.84 Å². The van der Waals surface area contributed by atoms with E-state index in [1.165, 1.54) is 0 Å². The van der Waals surface area contributed by atoms with Gasteiger partial charge in [0.05, 0.1) is 22.9 Å². The third kappa shape index (κ3) is 3.89. The van der Waals surface area contributed by atoms with E-state index < -0.39 is 9.84 Å². The molecule has 0 aromatic heterocycles. The second-order valence-corrected chi connectivity index (χ2v) is 8.59. The van der Waals surface area contributed by atoms with Crippen molar-refractivity contribution in [2.75, 3.05) is 12.5 Å². The van der Waals surface area contributed by atoms with Crippen LogP contribution >= 0.6 is 0 Å². The van der Waals surface area contributed by atoms with E-state index in [-0.39, 0.29) is 36.6 Å². The van der Waals surface area contributed by atoms with Gasteiger partial charge in [0.2, 0.25) is 0 Å². The molecule has 0 spiro atoms. The van der Waals surface area contributed by atoms with Crippen LogP contribution in [0, 0.1) is 17.8 Å². The summed E-state index contributed by atoms with van der Waals surface area (Å²) in [4.78, 5) is 0.377. The average molecular weight is 326 g/mol. The van der Waals surface area contributed by atoms with E-state index in [2.05, 4.69) is 20.8 Å². The molecule has 4 nitrogen and oxygen atoms in total. The first-order valence-electron chi connectivity index (χ1n) is 7.84. The molecule has 2 rings (SSSR count). The van der Waals surface area contributed by atoms with E-state index in [0.29, 0.717) is 10.8 Å². The highest BCUT2D eigenvalue weighted by atomic mass is 32.2. The van der Waals surface area contributed by atoms with Gasteiger partial charge in [-0.05, 0) is 24.0 Å². The van der Waals surface area contributed by atoms with Crippen LogP contribution in [0.5, 0.6) is 0 Å². The Labute approximate surface area is 133 Å². The molecule has 0 radical (unpaired) electrons. The quantitative estimate of drug-likeness (QED) is 0.834. The third-order valence-corrected chi connectivity index (χ3v) is 6.31. The summed E-state index contributed by atoms with van der Waals surface area (Å²) in [5, 5.41) is 0. The van der Waals surface area contributed by atoms with Gasteiger partial charge >= 0.3 is 0 Å². The van der Waals surface area contributed by atoms with Crippen molar-refractivity contribution in [1.29, 1.82) is 0 Å². The van der Waals surface area contributed by atoms with E-state index in [1.54, 1.807) is 24.3 Å². The minimum absolute atomic E-state index is 0.0784. The van der Waals surface area contributed by atoms with Crippen LogP contribution in [-0.4, -0.2) is 33.2 Å². The fourth-order valence-corrected chi connectivity index (χ4v) is 4.98. The Kier molecular flexibility index (Phi) is 5.64. The van der Waals surface area contributed by atoms with Gasteiger partial charge in [0.1, 0.15) is 6.79 Å². The van der Waals surface area contributed by atoms with Gasteiger partial charge in [0.25, 0.3) is 0 Å². The maximum atomic E-state index is 12.5. The largest absolute Gasteiger partial charge is 0.352 e. The molecule has 1 saturated heterocycles. The van der Waals surface area contributed by atoms with Gasteiger partial charge in [0.15, 0.2) is 9.84 Å².